The van der Waals surface area contributed by atoms with Crippen molar-refractivity contribution in [2.24, 2.45) is 11.0 Å². The lowest BCUT2D eigenvalue weighted by molar-refractivity contribution is 0.248. The fraction of sp³-hybridized carbons (Fsp3) is 0.412. The van der Waals surface area contributed by atoms with E-state index in [1.54, 1.807) is 12.3 Å². The van der Waals surface area contributed by atoms with Crippen LogP contribution in [0.15, 0.2) is 36.0 Å². The maximum Gasteiger partial charge on any atom is 0.187 e. The second-order valence-electron chi connectivity index (χ2n) is 5.21. The third kappa shape index (κ3) is 7.65. The van der Waals surface area contributed by atoms with Crippen molar-refractivity contribution in [3.63, 3.8) is 0 Å². The zero-order valence-electron chi connectivity index (χ0n) is 14.0. The van der Waals surface area contributed by atoms with Crippen molar-refractivity contribution in [1.29, 1.82) is 0 Å². The zero-order chi connectivity index (χ0) is 17.1. The second-order valence-corrected chi connectivity index (χ2v) is 5.62. The average molecular weight is 335 g/mol. The van der Waals surface area contributed by atoms with Crippen LogP contribution in [0.2, 0.25) is 0 Å². The topological polar surface area (TPSA) is 54.9 Å². The molecule has 0 saturated heterocycles. The number of rotatable bonds is 9. The van der Waals surface area contributed by atoms with E-state index in [1.807, 2.05) is 25.1 Å². The molecule has 126 valence electrons. The highest BCUT2D eigenvalue weighted by atomic mass is 32.1. The minimum absolute atomic E-state index is 0.447. The van der Waals surface area contributed by atoms with E-state index in [0.717, 1.165) is 11.3 Å². The van der Waals surface area contributed by atoms with E-state index >= 15 is 0 Å². The molecule has 0 bridgehead atoms. The lowest BCUT2D eigenvalue weighted by atomic mass is 10.2. The van der Waals surface area contributed by atoms with Gasteiger partial charge in [0, 0.05) is 6.54 Å². The third-order valence-corrected chi connectivity index (χ3v) is 2.86. The Balaban J connectivity index is 2.70. The van der Waals surface area contributed by atoms with Gasteiger partial charge in [-0.05, 0) is 48.8 Å². The summed E-state index contributed by atoms with van der Waals surface area (Å²) in [5.74, 6) is 1.91. The lowest BCUT2D eigenvalue weighted by Crippen LogP contribution is -2.31. The van der Waals surface area contributed by atoms with E-state index in [2.05, 4.69) is 36.3 Å². The van der Waals surface area contributed by atoms with Gasteiger partial charge in [0.25, 0.3) is 0 Å². The molecule has 1 rings (SSSR count). The number of ether oxygens (including phenoxy) is 2. The molecule has 6 heteroatoms. The normalized spacial score (nSPS) is 10.6. The molecule has 0 fully saturated rings. The molecule has 0 amide bonds. The molecular formula is C17H25N3O2S. The van der Waals surface area contributed by atoms with Crippen LogP contribution in [-0.2, 0) is 0 Å². The summed E-state index contributed by atoms with van der Waals surface area (Å²) in [6, 6.07) is 5.71. The highest BCUT2D eigenvalue weighted by molar-refractivity contribution is 7.80. The Morgan fingerprint density at radius 2 is 2.13 bits per heavy atom. The minimum atomic E-state index is 0.447. The number of hydrogen-bond acceptors (Lipinski definition) is 4. The number of hydrazone groups is 1. The molecule has 0 heterocycles. The zero-order valence-corrected chi connectivity index (χ0v) is 14.8. The van der Waals surface area contributed by atoms with Crippen LogP contribution in [0.5, 0.6) is 11.5 Å². The lowest BCUT2D eigenvalue weighted by Gasteiger charge is -2.13. The summed E-state index contributed by atoms with van der Waals surface area (Å²) < 4.78 is 11.4. The highest BCUT2D eigenvalue weighted by Gasteiger charge is 2.07. The Morgan fingerprint density at radius 1 is 1.35 bits per heavy atom. The molecule has 0 aromatic heterocycles. The first-order chi connectivity index (χ1) is 11.1. The molecule has 5 nitrogen and oxygen atoms in total. The van der Waals surface area contributed by atoms with Crippen molar-refractivity contribution < 1.29 is 9.47 Å². The fourth-order valence-corrected chi connectivity index (χ4v) is 1.75. The SMILES string of the molecule is C=CCNC(=S)N/N=C/c1ccc(OCC(C)C)c(OCC)c1. The summed E-state index contributed by atoms with van der Waals surface area (Å²) >= 11 is 5.05. The smallest absolute Gasteiger partial charge is 0.187 e. The Morgan fingerprint density at radius 3 is 2.78 bits per heavy atom. The fourth-order valence-electron chi connectivity index (χ4n) is 1.62. The maximum absolute atomic E-state index is 5.77. The summed E-state index contributed by atoms with van der Waals surface area (Å²) in [5.41, 5.74) is 3.63. The third-order valence-electron chi connectivity index (χ3n) is 2.63. The Kier molecular flexibility index (Phi) is 8.75. The van der Waals surface area contributed by atoms with Crippen LogP contribution in [0.1, 0.15) is 26.3 Å². The molecule has 1 aromatic carbocycles. The quantitative estimate of drug-likeness (QED) is 0.314. The minimum Gasteiger partial charge on any atom is -0.490 e. The Labute approximate surface area is 143 Å². The van der Waals surface area contributed by atoms with Gasteiger partial charge in [-0.2, -0.15) is 5.10 Å². The molecule has 1 aromatic rings. The summed E-state index contributed by atoms with van der Waals surface area (Å²) in [5, 5.41) is 7.47. The predicted octanol–water partition coefficient (Wildman–Crippen LogP) is 3.10. The number of thiocarbonyl (C=S) groups is 1. The van der Waals surface area contributed by atoms with E-state index < -0.39 is 0 Å². The van der Waals surface area contributed by atoms with E-state index in [1.165, 1.54) is 0 Å². The molecule has 0 atom stereocenters. The van der Waals surface area contributed by atoms with Gasteiger partial charge in [0.2, 0.25) is 0 Å². The molecule has 0 spiro atoms. The van der Waals surface area contributed by atoms with Crippen molar-refractivity contribution in [2.45, 2.75) is 20.8 Å². The summed E-state index contributed by atoms with van der Waals surface area (Å²) in [6.45, 7) is 11.6. The van der Waals surface area contributed by atoms with Crippen molar-refractivity contribution in [1.82, 2.24) is 10.7 Å². The van der Waals surface area contributed by atoms with Crippen LogP contribution in [0.25, 0.3) is 0 Å². The van der Waals surface area contributed by atoms with Crippen LogP contribution in [-0.4, -0.2) is 31.1 Å². The van der Waals surface area contributed by atoms with E-state index in [9.17, 15) is 0 Å². The van der Waals surface area contributed by atoms with Crippen molar-refractivity contribution in [3.05, 3.63) is 36.4 Å². The van der Waals surface area contributed by atoms with Gasteiger partial charge in [0.05, 0.1) is 19.4 Å². The van der Waals surface area contributed by atoms with E-state index in [4.69, 9.17) is 21.7 Å². The number of nitrogens with one attached hydrogen (secondary N) is 2. The first-order valence-electron chi connectivity index (χ1n) is 7.64. The van der Waals surface area contributed by atoms with E-state index in [-0.39, 0.29) is 0 Å². The molecule has 0 aliphatic heterocycles. The first kappa shape index (κ1) is 19.0. The van der Waals surface area contributed by atoms with Crippen molar-refractivity contribution >= 4 is 23.5 Å². The molecule has 23 heavy (non-hydrogen) atoms. The summed E-state index contributed by atoms with van der Waals surface area (Å²) in [6.07, 6.45) is 3.40. The number of benzene rings is 1. The standard InChI is InChI=1S/C17H25N3O2S/c1-5-9-18-17(23)20-19-11-14-7-8-15(22-12-13(3)4)16(10-14)21-6-2/h5,7-8,10-11,13H,1,6,9,12H2,2-4H3,(H2,18,20,23)/b19-11+. The predicted molar refractivity (Wildman–Crippen MR) is 99.5 cm³/mol. The number of hydrogen-bond donors (Lipinski definition) is 2. The average Bonchev–Trinajstić information content (AvgIpc) is 2.52. The van der Waals surface area contributed by atoms with Gasteiger partial charge in [-0.25, -0.2) is 0 Å². The van der Waals surface area contributed by atoms with Crippen LogP contribution >= 0.6 is 12.2 Å². The Hall–Kier alpha value is -2.08. The molecule has 0 radical (unpaired) electrons. The molecule has 0 aliphatic rings. The number of nitrogens with zero attached hydrogens (tertiary/aromatic N) is 1. The van der Waals surface area contributed by atoms with Gasteiger partial charge >= 0.3 is 0 Å². The monoisotopic (exact) mass is 335 g/mol. The maximum atomic E-state index is 5.77. The summed E-state index contributed by atoms with van der Waals surface area (Å²) in [7, 11) is 0. The van der Waals surface area contributed by atoms with Gasteiger partial charge in [0.1, 0.15) is 0 Å². The van der Waals surface area contributed by atoms with Crippen LogP contribution in [0, 0.1) is 5.92 Å². The van der Waals surface area contributed by atoms with Gasteiger partial charge in [-0.15, -0.1) is 6.58 Å². The molecular weight excluding hydrogens is 310 g/mol. The van der Waals surface area contributed by atoms with Gasteiger partial charge in [0.15, 0.2) is 16.6 Å². The van der Waals surface area contributed by atoms with Crippen molar-refractivity contribution in [3.8, 4) is 11.5 Å². The van der Waals surface area contributed by atoms with Gasteiger partial charge < -0.3 is 14.8 Å². The van der Waals surface area contributed by atoms with Gasteiger partial charge in [-0.3, -0.25) is 5.43 Å². The Bertz CT molecular complexity index is 545. The van der Waals surface area contributed by atoms with Gasteiger partial charge in [-0.1, -0.05) is 19.9 Å². The van der Waals surface area contributed by atoms with Crippen LogP contribution in [0.3, 0.4) is 0 Å². The molecule has 0 unspecified atom stereocenters. The molecule has 0 aliphatic carbocycles. The largest absolute Gasteiger partial charge is 0.490 e. The second kappa shape index (κ2) is 10.6. The first-order valence-corrected chi connectivity index (χ1v) is 8.05. The molecule has 0 saturated carbocycles. The van der Waals surface area contributed by atoms with Crippen LogP contribution in [0.4, 0.5) is 0 Å². The van der Waals surface area contributed by atoms with E-state index in [0.29, 0.717) is 36.5 Å². The van der Waals surface area contributed by atoms with Crippen molar-refractivity contribution in [2.75, 3.05) is 19.8 Å². The highest BCUT2D eigenvalue weighted by Crippen LogP contribution is 2.28. The summed E-state index contributed by atoms with van der Waals surface area (Å²) in [4.78, 5) is 0. The molecule has 2 N–H and O–H groups in total. The van der Waals surface area contributed by atoms with Crippen LogP contribution < -0.4 is 20.2 Å².